The summed E-state index contributed by atoms with van der Waals surface area (Å²) in [5.41, 5.74) is 2.16. The SMILES string of the molecule is N#Cc1ccc(C(Cl)(Cl)c2ccccc2)cc1. The van der Waals surface area contributed by atoms with E-state index in [0.29, 0.717) is 5.56 Å². The van der Waals surface area contributed by atoms with Gasteiger partial charge in [0, 0.05) is 0 Å². The summed E-state index contributed by atoms with van der Waals surface area (Å²) < 4.78 is -1.09. The molecule has 0 bridgehead atoms. The molecule has 84 valence electrons. The van der Waals surface area contributed by atoms with Gasteiger partial charge in [-0.1, -0.05) is 65.7 Å². The van der Waals surface area contributed by atoms with Gasteiger partial charge < -0.3 is 0 Å². The maximum Gasteiger partial charge on any atom is 0.168 e. The van der Waals surface area contributed by atoms with E-state index in [1.165, 1.54) is 0 Å². The molecule has 0 amide bonds. The number of nitrogens with zero attached hydrogens (tertiary/aromatic N) is 1. The highest BCUT2D eigenvalue weighted by molar-refractivity contribution is 6.50. The standard InChI is InChI=1S/C14H9Cl2N/c15-14(16,12-4-2-1-3-5-12)13-8-6-11(10-17)7-9-13/h1-9H. The molecule has 0 saturated carbocycles. The number of hydrogen-bond acceptors (Lipinski definition) is 1. The Morgan fingerprint density at radius 1 is 0.824 bits per heavy atom. The van der Waals surface area contributed by atoms with Gasteiger partial charge in [-0.05, 0) is 23.3 Å². The van der Waals surface area contributed by atoms with Crippen LogP contribution in [0.25, 0.3) is 0 Å². The zero-order chi connectivity index (χ0) is 12.3. The van der Waals surface area contributed by atoms with E-state index in [2.05, 4.69) is 6.07 Å². The van der Waals surface area contributed by atoms with Gasteiger partial charge in [0.05, 0.1) is 11.6 Å². The fourth-order valence-corrected chi connectivity index (χ4v) is 2.07. The van der Waals surface area contributed by atoms with Crippen molar-refractivity contribution in [1.29, 1.82) is 5.26 Å². The van der Waals surface area contributed by atoms with Crippen molar-refractivity contribution in [3.8, 4) is 6.07 Å². The third kappa shape index (κ3) is 2.44. The van der Waals surface area contributed by atoms with Gasteiger partial charge in [0.1, 0.15) is 0 Å². The smallest absolute Gasteiger partial charge is 0.168 e. The lowest BCUT2D eigenvalue weighted by molar-refractivity contribution is 1.04. The molecule has 0 aliphatic rings. The van der Waals surface area contributed by atoms with Gasteiger partial charge >= 0.3 is 0 Å². The summed E-state index contributed by atoms with van der Waals surface area (Å²) in [5, 5.41) is 8.73. The van der Waals surface area contributed by atoms with Crippen molar-refractivity contribution >= 4 is 23.2 Å². The van der Waals surface area contributed by atoms with Crippen molar-refractivity contribution in [1.82, 2.24) is 0 Å². The molecule has 0 spiro atoms. The lowest BCUT2D eigenvalue weighted by atomic mass is 10.0. The van der Waals surface area contributed by atoms with Crippen LogP contribution in [0.15, 0.2) is 54.6 Å². The number of nitriles is 1. The highest BCUT2D eigenvalue weighted by Gasteiger charge is 2.28. The number of hydrogen-bond donors (Lipinski definition) is 0. The van der Waals surface area contributed by atoms with Crippen molar-refractivity contribution in [3.63, 3.8) is 0 Å². The van der Waals surface area contributed by atoms with Crippen molar-refractivity contribution in [2.24, 2.45) is 0 Å². The molecule has 0 unspecified atom stereocenters. The molecule has 0 heterocycles. The predicted molar refractivity (Wildman–Crippen MR) is 70.1 cm³/mol. The van der Waals surface area contributed by atoms with Crippen LogP contribution in [0.3, 0.4) is 0 Å². The summed E-state index contributed by atoms with van der Waals surface area (Å²) in [6.07, 6.45) is 0. The normalized spacial score (nSPS) is 10.9. The summed E-state index contributed by atoms with van der Waals surface area (Å²) in [6, 6.07) is 18.4. The highest BCUT2D eigenvalue weighted by Crippen LogP contribution is 2.40. The van der Waals surface area contributed by atoms with Crippen LogP contribution in [-0.2, 0) is 4.33 Å². The van der Waals surface area contributed by atoms with Gasteiger partial charge in [-0.25, -0.2) is 0 Å². The molecular formula is C14H9Cl2N. The highest BCUT2D eigenvalue weighted by atomic mass is 35.5. The molecule has 0 N–H and O–H groups in total. The summed E-state index contributed by atoms with van der Waals surface area (Å²) in [7, 11) is 0. The summed E-state index contributed by atoms with van der Waals surface area (Å²) in [5.74, 6) is 0. The molecule has 0 aliphatic heterocycles. The van der Waals surface area contributed by atoms with Crippen LogP contribution >= 0.6 is 23.2 Å². The lowest BCUT2D eigenvalue weighted by Crippen LogP contribution is -2.11. The molecule has 0 atom stereocenters. The van der Waals surface area contributed by atoms with E-state index >= 15 is 0 Å². The van der Waals surface area contributed by atoms with Crippen LogP contribution in [0, 0.1) is 11.3 Å². The molecule has 1 nitrogen and oxygen atoms in total. The van der Waals surface area contributed by atoms with Crippen LogP contribution in [-0.4, -0.2) is 0 Å². The topological polar surface area (TPSA) is 23.8 Å². The minimum Gasteiger partial charge on any atom is -0.192 e. The van der Waals surface area contributed by atoms with Crippen LogP contribution < -0.4 is 0 Å². The minimum absolute atomic E-state index is 0.589. The Labute approximate surface area is 110 Å². The van der Waals surface area contributed by atoms with E-state index in [0.717, 1.165) is 11.1 Å². The Kier molecular flexibility index (Phi) is 3.38. The van der Waals surface area contributed by atoms with E-state index in [9.17, 15) is 0 Å². The molecule has 2 aromatic rings. The lowest BCUT2D eigenvalue weighted by Gasteiger charge is -2.20. The van der Waals surface area contributed by atoms with E-state index in [4.69, 9.17) is 28.5 Å². The summed E-state index contributed by atoms with van der Waals surface area (Å²) >= 11 is 12.7. The molecule has 0 fully saturated rings. The Morgan fingerprint density at radius 3 is 1.88 bits per heavy atom. The van der Waals surface area contributed by atoms with Gasteiger partial charge in [-0.3, -0.25) is 0 Å². The third-order valence-electron chi connectivity index (χ3n) is 2.51. The van der Waals surface area contributed by atoms with E-state index < -0.39 is 4.33 Å². The molecule has 17 heavy (non-hydrogen) atoms. The molecule has 0 saturated heterocycles. The van der Waals surface area contributed by atoms with Gasteiger partial charge in [-0.2, -0.15) is 5.26 Å². The Morgan fingerprint density at radius 2 is 1.35 bits per heavy atom. The first-order valence-corrected chi connectivity index (χ1v) is 5.84. The van der Waals surface area contributed by atoms with E-state index in [1.54, 1.807) is 24.3 Å². The number of halogens is 2. The molecule has 3 heteroatoms. The Hall–Kier alpha value is -1.49. The maximum absolute atomic E-state index is 8.73. The fourth-order valence-electron chi connectivity index (χ4n) is 1.57. The quantitative estimate of drug-likeness (QED) is 0.742. The first-order chi connectivity index (χ1) is 8.14. The van der Waals surface area contributed by atoms with Crippen LogP contribution in [0.5, 0.6) is 0 Å². The largest absolute Gasteiger partial charge is 0.192 e. The summed E-state index contributed by atoms with van der Waals surface area (Å²) in [4.78, 5) is 0. The van der Waals surface area contributed by atoms with Crippen LogP contribution in [0.4, 0.5) is 0 Å². The maximum atomic E-state index is 8.73. The molecule has 0 aromatic heterocycles. The monoisotopic (exact) mass is 261 g/mol. The third-order valence-corrected chi connectivity index (χ3v) is 3.39. The predicted octanol–water partition coefficient (Wildman–Crippen LogP) is 4.24. The molecule has 2 rings (SSSR count). The van der Waals surface area contributed by atoms with Crippen LogP contribution in [0.1, 0.15) is 16.7 Å². The second-order valence-corrected chi connectivity index (χ2v) is 4.96. The zero-order valence-corrected chi connectivity index (χ0v) is 10.4. The Balaban J connectivity index is 2.41. The second kappa shape index (κ2) is 4.79. The first kappa shape index (κ1) is 12.0. The van der Waals surface area contributed by atoms with Crippen LogP contribution in [0.2, 0.25) is 0 Å². The van der Waals surface area contributed by atoms with E-state index in [-0.39, 0.29) is 0 Å². The van der Waals surface area contributed by atoms with Gasteiger partial charge in [-0.15, -0.1) is 0 Å². The molecule has 0 aliphatic carbocycles. The van der Waals surface area contributed by atoms with Gasteiger partial charge in [0.15, 0.2) is 4.33 Å². The second-order valence-electron chi connectivity index (χ2n) is 3.63. The Bertz CT molecular complexity index is 539. The zero-order valence-electron chi connectivity index (χ0n) is 8.90. The minimum atomic E-state index is -1.09. The molecule has 2 aromatic carbocycles. The fraction of sp³-hybridized carbons (Fsp3) is 0.0714. The number of alkyl halides is 2. The van der Waals surface area contributed by atoms with E-state index in [1.807, 2.05) is 30.3 Å². The first-order valence-electron chi connectivity index (χ1n) is 5.08. The number of benzene rings is 2. The average molecular weight is 262 g/mol. The van der Waals surface area contributed by atoms with Gasteiger partial charge in [0.25, 0.3) is 0 Å². The molecular weight excluding hydrogens is 253 g/mol. The summed E-state index contributed by atoms with van der Waals surface area (Å²) in [6.45, 7) is 0. The van der Waals surface area contributed by atoms with Crippen molar-refractivity contribution < 1.29 is 0 Å². The van der Waals surface area contributed by atoms with Crippen molar-refractivity contribution in [2.45, 2.75) is 4.33 Å². The van der Waals surface area contributed by atoms with Gasteiger partial charge in [0.2, 0.25) is 0 Å². The van der Waals surface area contributed by atoms with Crippen molar-refractivity contribution in [3.05, 3.63) is 71.3 Å². The number of rotatable bonds is 2. The average Bonchev–Trinajstić information content (AvgIpc) is 2.40. The molecule has 0 radical (unpaired) electrons. The van der Waals surface area contributed by atoms with Crippen molar-refractivity contribution in [2.75, 3.05) is 0 Å².